The molecular weight excluding hydrogens is 202 g/mol. The van der Waals surface area contributed by atoms with Gasteiger partial charge in [0, 0.05) is 6.54 Å². The van der Waals surface area contributed by atoms with Gasteiger partial charge in [0.15, 0.2) is 5.78 Å². The zero-order chi connectivity index (χ0) is 11.4. The second-order valence-electron chi connectivity index (χ2n) is 3.25. The average Bonchev–Trinajstić information content (AvgIpc) is 2.17. The molecule has 1 fully saturated rings. The Morgan fingerprint density at radius 1 is 1.60 bits per heavy atom. The Hall–Kier alpha value is -1.59. The maximum absolute atomic E-state index is 11.4. The van der Waals surface area contributed by atoms with Crippen LogP contribution in [0.3, 0.4) is 0 Å². The Morgan fingerprint density at radius 3 is 2.73 bits per heavy atom. The first-order chi connectivity index (χ1) is 7.06. The zero-order valence-corrected chi connectivity index (χ0v) is 8.39. The number of carbonyl (C=O) groups is 3. The van der Waals surface area contributed by atoms with Gasteiger partial charge >= 0.3 is 5.97 Å². The van der Waals surface area contributed by atoms with Gasteiger partial charge in [-0.05, 0) is 13.3 Å². The largest absolute Gasteiger partial charge is 0.530 e. The van der Waals surface area contributed by atoms with E-state index in [1.165, 1.54) is 0 Å². The average molecular weight is 214 g/mol. The molecular formula is C9H12NO5-. The van der Waals surface area contributed by atoms with Gasteiger partial charge in [-0.2, -0.15) is 0 Å². The van der Waals surface area contributed by atoms with E-state index < -0.39 is 23.8 Å². The SMILES string of the molecule is CCOC(=O)C1CCN(C(=O)[O-])CC1=O. The van der Waals surface area contributed by atoms with Gasteiger partial charge in [-0.3, -0.25) is 9.59 Å². The minimum Gasteiger partial charge on any atom is -0.530 e. The number of ether oxygens (including phenoxy) is 1. The summed E-state index contributed by atoms with van der Waals surface area (Å²) >= 11 is 0. The van der Waals surface area contributed by atoms with Crippen molar-refractivity contribution in [2.24, 2.45) is 5.92 Å². The molecule has 1 atom stereocenters. The Kier molecular flexibility index (Phi) is 3.65. The van der Waals surface area contributed by atoms with E-state index in [9.17, 15) is 19.5 Å². The molecule has 15 heavy (non-hydrogen) atoms. The minimum absolute atomic E-state index is 0.136. The van der Waals surface area contributed by atoms with Gasteiger partial charge in [-0.25, -0.2) is 0 Å². The van der Waals surface area contributed by atoms with Gasteiger partial charge < -0.3 is 19.5 Å². The topological polar surface area (TPSA) is 86.7 Å². The van der Waals surface area contributed by atoms with Crippen LogP contribution < -0.4 is 5.11 Å². The lowest BCUT2D eigenvalue weighted by atomic mass is 9.96. The maximum Gasteiger partial charge on any atom is 0.316 e. The number of amides is 1. The van der Waals surface area contributed by atoms with Crippen molar-refractivity contribution in [1.29, 1.82) is 0 Å². The molecule has 0 N–H and O–H groups in total. The van der Waals surface area contributed by atoms with E-state index in [0.29, 0.717) is 0 Å². The van der Waals surface area contributed by atoms with E-state index in [-0.39, 0.29) is 26.1 Å². The van der Waals surface area contributed by atoms with E-state index in [0.717, 1.165) is 4.90 Å². The van der Waals surface area contributed by atoms with Crippen LogP contribution in [-0.4, -0.2) is 42.4 Å². The number of carbonyl (C=O) groups excluding carboxylic acids is 3. The van der Waals surface area contributed by atoms with E-state index in [1.54, 1.807) is 6.92 Å². The predicted molar refractivity (Wildman–Crippen MR) is 46.7 cm³/mol. The molecule has 0 bridgehead atoms. The highest BCUT2D eigenvalue weighted by Gasteiger charge is 2.33. The number of Topliss-reactive ketones (excluding diaryl/α,β-unsaturated/α-hetero) is 1. The van der Waals surface area contributed by atoms with Crippen LogP contribution in [0, 0.1) is 5.92 Å². The van der Waals surface area contributed by atoms with Crippen LogP contribution in [0.1, 0.15) is 13.3 Å². The van der Waals surface area contributed by atoms with Crippen molar-refractivity contribution in [2.45, 2.75) is 13.3 Å². The van der Waals surface area contributed by atoms with Crippen molar-refractivity contribution in [1.82, 2.24) is 4.90 Å². The lowest BCUT2D eigenvalue weighted by molar-refractivity contribution is -0.266. The maximum atomic E-state index is 11.4. The standard InChI is InChI=1S/C9H13NO5/c1-2-15-8(12)6-3-4-10(9(13)14)5-7(6)11/h6H,2-5H2,1H3,(H,13,14)/p-1. The first-order valence-electron chi connectivity index (χ1n) is 4.71. The van der Waals surface area contributed by atoms with E-state index in [2.05, 4.69) is 0 Å². The third-order valence-corrected chi connectivity index (χ3v) is 2.25. The summed E-state index contributed by atoms with van der Waals surface area (Å²) in [5.41, 5.74) is 0. The monoisotopic (exact) mass is 214 g/mol. The summed E-state index contributed by atoms with van der Waals surface area (Å²) in [6.07, 6.45) is -1.21. The highest BCUT2D eigenvalue weighted by Crippen LogP contribution is 2.15. The molecule has 84 valence electrons. The fraction of sp³-hybridized carbons (Fsp3) is 0.667. The van der Waals surface area contributed by atoms with E-state index >= 15 is 0 Å². The van der Waals surface area contributed by atoms with Crippen LogP contribution >= 0.6 is 0 Å². The van der Waals surface area contributed by atoms with Crippen molar-refractivity contribution < 1.29 is 24.2 Å². The summed E-state index contributed by atoms with van der Waals surface area (Å²) in [6.45, 7) is 1.72. The minimum atomic E-state index is -1.38. The first kappa shape index (κ1) is 11.5. The summed E-state index contributed by atoms with van der Waals surface area (Å²) in [5, 5.41) is 10.4. The number of rotatable bonds is 2. The molecule has 0 saturated carbocycles. The van der Waals surface area contributed by atoms with E-state index in [4.69, 9.17) is 4.74 Å². The highest BCUT2D eigenvalue weighted by molar-refractivity contribution is 6.01. The number of hydrogen-bond acceptors (Lipinski definition) is 5. The van der Waals surface area contributed by atoms with E-state index in [1.807, 2.05) is 0 Å². The number of hydrogen-bond donors (Lipinski definition) is 0. The number of likely N-dealkylation sites (tertiary alicyclic amines) is 1. The third kappa shape index (κ3) is 2.68. The number of nitrogens with zero attached hydrogens (tertiary/aromatic N) is 1. The molecule has 0 aromatic heterocycles. The van der Waals surface area contributed by atoms with Gasteiger partial charge in [0.25, 0.3) is 0 Å². The number of esters is 1. The quantitative estimate of drug-likeness (QED) is 0.425. The number of ketones is 1. The molecule has 6 nitrogen and oxygen atoms in total. The van der Waals surface area contributed by atoms with Gasteiger partial charge in [0.2, 0.25) is 0 Å². The first-order valence-corrected chi connectivity index (χ1v) is 4.71. The van der Waals surface area contributed by atoms with Gasteiger partial charge in [0.05, 0.1) is 13.2 Å². The van der Waals surface area contributed by atoms with Crippen molar-refractivity contribution >= 4 is 17.8 Å². The van der Waals surface area contributed by atoms with Crippen LogP contribution in [0.2, 0.25) is 0 Å². The van der Waals surface area contributed by atoms with Gasteiger partial charge in [0.1, 0.15) is 12.0 Å². The normalized spacial score (nSPS) is 21.3. The molecule has 0 aromatic carbocycles. The second-order valence-corrected chi connectivity index (χ2v) is 3.25. The molecule has 1 saturated heterocycles. The molecule has 0 aliphatic carbocycles. The predicted octanol–water partition coefficient (Wildman–Crippen LogP) is -1.22. The lowest BCUT2D eigenvalue weighted by Gasteiger charge is -2.31. The molecule has 0 radical (unpaired) electrons. The molecule has 1 rings (SSSR count). The fourth-order valence-electron chi connectivity index (χ4n) is 1.47. The summed E-state index contributed by atoms with van der Waals surface area (Å²) < 4.78 is 4.71. The Labute approximate surface area is 86.8 Å². The molecule has 1 aliphatic rings. The van der Waals surface area contributed by atoms with Crippen molar-refractivity contribution in [3.63, 3.8) is 0 Å². The van der Waals surface area contributed by atoms with Crippen LogP contribution in [0.15, 0.2) is 0 Å². The number of piperidine rings is 1. The fourth-order valence-corrected chi connectivity index (χ4v) is 1.47. The van der Waals surface area contributed by atoms with Crippen molar-refractivity contribution in [3.8, 4) is 0 Å². The summed E-state index contributed by atoms with van der Waals surface area (Å²) in [7, 11) is 0. The smallest absolute Gasteiger partial charge is 0.316 e. The van der Waals surface area contributed by atoms with Gasteiger partial charge in [-0.15, -0.1) is 0 Å². The number of carboxylic acid groups (broad SMARTS) is 1. The van der Waals surface area contributed by atoms with Crippen LogP contribution in [-0.2, 0) is 14.3 Å². The lowest BCUT2D eigenvalue weighted by Crippen LogP contribution is -2.51. The highest BCUT2D eigenvalue weighted by atomic mass is 16.5. The second kappa shape index (κ2) is 4.77. The van der Waals surface area contributed by atoms with Gasteiger partial charge in [-0.1, -0.05) is 0 Å². The van der Waals surface area contributed by atoms with Crippen molar-refractivity contribution in [3.05, 3.63) is 0 Å². The zero-order valence-electron chi connectivity index (χ0n) is 8.39. The van der Waals surface area contributed by atoms with Crippen molar-refractivity contribution in [2.75, 3.05) is 19.7 Å². The molecule has 1 amide bonds. The van der Waals surface area contributed by atoms with Crippen LogP contribution in [0.4, 0.5) is 4.79 Å². The molecule has 0 spiro atoms. The molecule has 1 unspecified atom stereocenters. The summed E-state index contributed by atoms with van der Waals surface area (Å²) in [4.78, 5) is 34.0. The Balaban J connectivity index is 2.56. The summed E-state index contributed by atoms with van der Waals surface area (Å²) in [5.74, 6) is -1.81. The summed E-state index contributed by atoms with van der Waals surface area (Å²) in [6, 6.07) is 0. The molecule has 1 aliphatic heterocycles. The molecule has 1 heterocycles. The third-order valence-electron chi connectivity index (χ3n) is 2.25. The molecule has 6 heteroatoms. The van der Waals surface area contributed by atoms with Crippen LogP contribution in [0.5, 0.6) is 0 Å². The molecule has 0 aromatic rings. The van der Waals surface area contributed by atoms with Crippen LogP contribution in [0.25, 0.3) is 0 Å². The Bertz CT molecular complexity index is 288. The Morgan fingerprint density at radius 2 is 2.27 bits per heavy atom.